The van der Waals surface area contributed by atoms with Crippen LogP contribution in [0.4, 0.5) is 0 Å². The number of piperidine rings is 1. The summed E-state index contributed by atoms with van der Waals surface area (Å²) in [6.07, 6.45) is 4.44. The standard InChI is InChI=1S/C9H18N2OS/c1-7(10)9(12)11-5-3-4-8(6-11)13-2/h7-8H,3-6,10H2,1-2H3/t7-,8?/m1/s1. The zero-order chi connectivity index (χ0) is 9.84. The van der Waals surface area contributed by atoms with Crippen molar-refractivity contribution < 1.29 is 4.79 Å². The van der Waals surface area contributed by atoms with E-state index in [2.05, 4.69) is 6.26 Å². The highest BCUT2D eigenvalue weighted by Crippen LogP contribution is 2.20. The zero-order valence-corrected chi connectivity index (χ0v) is 9.14. The van der Waals surface area contributed by atoms with Gasteiger partial charge in [0.1, 0.15) is 0 Å². The van der Waals surface area contributed by atoms with Gasteiger partial charge in [0.05, 0.1) is 6.04 Å². The Morgan fingerprint density at radius 2 is 2.38 bits per heavy atom. The van der Waals surface area contributed by atoms with Gasteiger partial charge in [-0.3, -0.25) is 4.79 Å². The van der Waals surface area contributed by atoms with Crippen LogP contribution in [0.15, 0.2) is 0 Å². The molecule has 0 spiro atoms. The van der Waals surface area contributed by atoms with Gasteiger partial charge in [0.15, 0.2) is 0 Å². The number of nitrogens with zero attached hydrogens (tertiary/aromatic N) is 1. The van der Waals surface area contributed by atoms with E-state index in [1.54, 1.807) is 6.92 Å². The molecule has 1 aliphatic heterocycles. The first kappa shape index (κ1) is 10.9. The molecule has 4 heteroatoms. The van der Waals surface area contributed by atoms with Gasteiger partial charge in [0.2, 0.25) is 5.91 Å². The van der Waals surface area contributed by atoms with Crippen LogP contribution in [-0.2, 0) is 4.79 Å². The maximum absolute atomic E-state index is 11.6. The molecule has 0 aromatic heterocycles. The van der Waals surface area contributed by atoms with Crippen molar-refractivity contribution in [2.24, 2.45) is 5.73 Å². The third-order valence-corrected chi connectivity index (χ3v) is 3.46. The molecule has 1 unspecified atom stereocenters. The molecule has 0 saturated carbocycles. The second-order valence-corrected chi connectivity index (χ2v) is 4.71. The fourth-order valence-corrected chi connectivity index (χ4v) is 2.35. The molecule has 1 saturated heterocycles. The Balaban J connectivity index is 2.46. The molecule has 0 aromatic rings. The first-order chi connectivity index (χ1) is 6.15. The lowest BCUT2D eigenvalue weighted by Crippen LogP contribution is -2.47. The molecular weight excluding hydrogens is 184 g/mol. The summed E-state index contributed by atoms with van der Waals surface area (Å²) >= 11 is 1.84. The largest absolute Gasteiger partial charge is 0.340 e. The Bertz CT molecular complexity index is 184. The summed E-state index contributed by atoms with van der Waals surface area (Å²) < 4.78 is 0. The Kier molecular flexibility index (Phi) is 4.06. The molecule has 1 rings (SSSR count). The van der Waals surface area contributed by atoms with Gasteiger partial charge in [-0.2, -0.15) is 11.8 Å². The van der Waals surface area contributed by atoms with E-state index in [0.717, 1.165) is 19.5 Å². The fraction of sp³-hybridized carbons (Fsp3) is 0.889. The normalized spacial score (nSPS) is 25.8. The number of amides is 1. The summed E-state index contributed by atoms with van der Waals surface area (Å²) in [5.41, 5.74) is 5.56. The molecule has 0 aromatic carbocycles. The summed E-state index contributed by atoms with van der Waals surface area (Å²) in [7, 11) is 0. The number of hydrogen-bond donors (Lipinski definition) is 1. The van der Waals surface area contributed by atoms with Gasteiger partial charge in [-0.15, -0.1) is 0 Å². The lowest BCUT2D eigenvalue weighted by molar-refractivity contribution is -0.132. The molecule has 76 valence electrons. The minimum Gasteiger partial charge on any atom is -0.340 e. The Hall–Kier alpha value is -0.220. The maximum atomic E-state index is 11.6. The molecule has 1 fully saturated rings. The molecule has 0 aliphatic carbocycles. The van der Waals surface area contributed by atoms with Gasteiger partial charge < -0.3 is 10.6 Å². The van der Waals surface area contributed by atoms with Crippen LogP contribution in [0.3, 0.4) is 0 Å². The molecule has 1 heterocycles. The molecule has 2 N–H and O–H groups in total. The Morgan fingerprint density at radius 1 is 1.69 bits per heavy atom. The van der Waals surface area contributed by atoms with Crippen molar-refractivity contribution in [1.29, 1.82) is 0 Å². The zero-order valence-electron chi connectivity index (χ0n) is 8.32. The highest BCUT2D eigenvalue weighted by atomic mass is 32.2. The van der Waals surface area contributed by atoms with Gasteiger partial charge in [-0.25, -0.2) is 0 Å². The number of carbonyl (C=O) groups is 1. The van der Waals surface area contributed by atoms with Crippen molar-refractivity contribution in [2.75, 3.05) is 19.3 Å². The lowest BCUT2D eigenvalue weighted by Gasteiger charge is -2.32. The predicted molar refractivity (Wildman–Crippen MR) is 56.8 cm³/mol. The molecule has 0 radical (unpaired) electrons. The predicted octanol–water partition coefficient (Wildman–Crippen LogP) is 0.688. The fourth-order valence-electron chi connectivity index (χ4n) is 1.62. The summed E-state index contributed by atoms with van der Waals surface area (Å²) in [5.74, 6) is 0.0961. The molecule has 1 aliphatic rings. The quantitative estimate of drug-likeness (QED) is 0.716. The molecule has 13 heavy (non-hydrogen) atoms. The van der Waals surface area contributed by atoms with Crippen molar-refractivity contribution >= 4 is 17.7 Å². The monoisotopic (exact) mass is 202 g/mol. The molecular formula is C9H18N2OS. The van der Waals surface area contributed by atoms with Crippen LogP contribution in [0.25, 0.3) is 0 Å². The average Bonchev–Trinajstić information content (AvgIpc) is 2.16. The first-order valence-corrected chi connectivity index (χ1v) is 6.01. The highest BCUT2D eigenvalue weighted by molar-refractivity contribution is 7.99. The Morgan fingerprint density at radius 3 is 2.92 bits per heavy atom. The highest BCUT2D eigenvalue weighted by Gasteiger charge is 2.24. The van der Waals surface area contributed by atoms with Crippen LogP contribution >= 0.6 is 11.8 Å². The van der Waals surface area contributed by atoms with Crippen molar-refractivity contribution in [3.05, 3.63) is 0 Å². The third kappa shape index (κ3) is 2.88. The van der Waals surface area contributed by atoms with E-state index in [9.17, 15) is 4.79 Å². The van der Waals surface area contributed by atoms with Crippen LogP contribution in [0.1, 0.15) is 19.8 Å². The Labute approximate surface area is 84.0 Å². The molecule has 1 amide bonds. The number of likely N-dealkylation sites (tertiary alicyclic amines) is 1. The van der Waals surface area contributed by atoms with Crippen LogP contribution in [0.2, 0.25) is 0 Å². The van der Waals surface area contributed by atoms with Gasteiger partial charge in [0.25, 0.3) is 0 Å². The first-order valence-electron chi connectivity index (χ1n) is 4.72. The summed E-state index contributed by atoms with van der Waals surface area (Å²) in [6.45, 7) is 3.52. The SMILES string of the molecule is CSC1CCCN(C(=O)[C@@H](C)N)C1. The second kappa shape index (κ2) is 4.86. The van der Waals surface area contributed by atoms with E-state index in [-0.39, 0.29) is 11.9 Å². The van der Waals surface area contributed by atoms with Crippen LogP contribution in [0.5, 0.6) is 0 Å². The van der Waals surface area contributed by atoms with Crippen LogP contribution in [-0.4, -0.2) is 41.4 Å². The topological polar surface area (TPSA) is 46.3 Å². The van der Waals surface area contributed by atoms with E-state index in [4.69, 9.17) is 5.73 Å². The molecule has 3 nitrogen and oxygen atoms in total. The van der Waals surface area contributed by atoms with E-state index < -0.39 is 0 Å². The average molecular weight is 202 g/mol. The molecule has 2 atom stereocenters. The van der Waals surface area contributed by atoms with E-state index in [1.807, 2.05) is 16.7 Å². The third-order valence-electron chi connectivity index (χ3n) is 2.41. The van der Waals surface area contributed by atoms with Gasteiger partial charge in [0, 0.05) is 18.3 Å². The lowest BCUT2D eigenvalue weighted by atomic mass is 10.1. The number of thioether (sulfide) groups is 1. The summed E-state index contributed by atoms with van der Waals surface area (Å²) in [4.78, 5) is 13.4. The van der Waals surface area contributed by atoms with Crippen molar-refractivity contribution in [3.63, 3.8) is 0 Å². The summed E-state index contributed by atoms with van der Waals surface area (Å²) in [6, 6.07) is -0.347. The summed E-state index contributed by atoms with van der Waals surface area (Å²) in [5, 5.41) is 0.608. The number of nitrogens with two attached hydrogens (primary N) is 1. The van der Waals surface area contributed by atoms with Crippen LogP contribution in [0, 0.1) is 0 Å². The van der Waals surface area contributed by atoms with Gasteiger partial charge >= 0.3 is 0 Å². The van der Waals surface area contributed by atoms with Gasteiger partial charge in [-0.1, -0.05) is 0 Å². The smallest absolute Gasteiger partial charge is 0.239 e. The number of hydrogen-bond acceptors (Lipinski definition) is 3. The minimum atomic E-state index is -0.347. The van der Waals surface area contributed by atoms with E-state index in [0.29, 0.717) is 5.25 Å². The van der Waals surface area contributed by atoms with E-state index >= 15 is 0 Å². The van der Waals surface area contributed by atoms with Crippen molar-refractivity contribution in [3.8, 4) is 0 Å². The number of rotatable bonds is 2. The second-order valence-electron chi connectivity index (χ2n) is 3.57. The van der Waals surface area contributed by atoms with Crippen molar-refractivity contribution in [2.45, 2.75) is 31.1 Å². The van der Waals surface area contributed by atoms with Crippen molar-refractivity contribution in [1.82, 2.24) is 4.90 Å². The van der Waals surface area contributed by atoms with E-state index in [1.165, 1.54) is 6.42 Å². The minimum absolute atomic E-state index is 0.0961. The molecule has 0 bridgehead atoms. The number of carbonyl (C=O) groups excluding carboxylic acids is 1. The van der Waals surface area contributed by atoms with Crippen LogP contribution < -0.4 is 5.73 Å². The van der Waals surface area contributed by atoms with Gasteiger partial charge in [-0.05, 0) is 26.0 Å². The maximum Gasteiger partial charge on any atom is 0.239 e.